The molecule has 2 nitrogen and oxygen atoms in total. The summed E-state index contributed by atoms with van der Waals surface area (Å²) in [7, 11) is 0. The van der Waals surface area contributed by atoms with Crippen molar-refractivity contribution < 1.29 is 9.90 Å². The van der Waals surface area contributed by atoms with Gasteiger partial charge in [-0.1, -0.05) is 24.3 Å². The van der Waals surface area contributed by atoms with Crippen LogP contribution in [0.25, 0.3) is 0 Å². The van der Waals surface area contributed by atoms with Gasteiger partial charge in [-0.15, -0.1) is 0 Å². The molecule has 1 rings (SSSR count). The normalized spacial score (nSPS) is 27.4. The second-order valence-corrected chi connectivity index (χ2v) is 4.27. The van der Waals surface area contributed by atoms with Gasteiger partial charge in [-0.25, -0.2) is 0 Å². The molecule has 0 aromatic rings. The molecule has 0 spiro atoms. The molecule has 2 heteroatoms. The van der Waals surface area contributed by atoms with E-state index in [0.717, 1.165) is 24.8 Å². The van der Waals surface area contributed by atoms with E-state index in [1.165, 1.54) is 5.57 Å². The Hall–Kier alpha value is -1.05. The number of rotatable bonds is 3. The highest BCUT2D eigenvalue weighted by molar-refractivity contribution is 5.67. The number of hydrogen-bond donors (Lipinski definition) is 1. The molecular formula is C12H18O2. The molecule has 1 aliphatic rings. The quantitative estimate of drug-likeness (QED) is 0.701. The first-order valence-corrected chi connectivity index (χ1v) is 5.05. The van der Waals surface area contributed by atoms with E-state index in [4.69, 9.17) is 5.11 Å². The Kier molecular flexibility index (Phi) is 3.50. The van der Waals surface area contributed by atoms with E-state index in [2.05, 4.69) is 13.2 Å². The Balaban J connectivity index is 2.59. The Bertz CT molecular complexity index is 265. The van der Waals surface area contributed by atoms with Gasteiger partial charge in [0, 0.05) is 0 Å². The average Bonchev–Trinajstić information content (AvgIpc) is 2.07. The van der Waals surface area contributed by atoms with Crippen molar-refractivity contribution in [1.29, 1.82) is 0 Å². The van der Waals surface area contributed by atoms with Crippen LogP contribution in [-0.4, -0.2) is 11.1 Å². The molecular weight excluding hydrogens is 176 g/mol. The smallest absolute Gasteiger partial charge is 0.303 e. The van der Waals surface area contributed by atoms with Gasteiger partial charge in [0.25, 0.3) is 0 Å². The highest BCUT2D eigenvalue weighted by atomic mass is 16.4. The van der Waals surface area contributed by atoms with Crippen LogP contribution in [0.15, 0.2) is 24.3 Å². The number of carbonyl (C=O) groups is 1. The van der Waals surface area contributed by atoms with Crippen LogP contribution in [0.4, 0.5) is 0 Å². The molecule has 0 saturated heterocycles. The number of allylic oxidation sites excluding steroid dienone is 2. The van der Waals surface area contributed by atoms with Crippen LogP contribution in [0.2, 0.25) is 0 Å². The molecule has 0 radical (unpaired) electrons. The number of hydrogen-bond acceptors (Lipinski definition) is 1. The Morgan fingerprint density at radius 3 is 2.79 bits per heavy atom. The Labute approximate surface area is 85.3 Å². The van der Waals surface area contributed by atoms with E-state index >= 15 is 0 Å². The van der Waals surface area contributed by atoms with Gasteiger partial charge in [0.2, 0.25) is 0 Å². The predicted molar refractivity (Wildman–Crippen MR) is 57.0 cm³/mol. The van der Waals surface area contributed by atoms with Gasteiger partial charge < -0.3 is 5.11 Å². The summed E-state index contributed by atoms with van der Waals surface area (Å²) >= 11 is 0. The zero-order valence-corrected chi connectivity index (χ0v) is 8.75. The van der Waals surface area contributed by atoms with E-state index < -0.39 is 5.97 Å². The summed E-state index contributed by atoms with van der Waals surface area (Å²) in [4.78, 5) is 10.6. The molecule has 1 saturated carbocycles. The summed E-state index contributed by atoms with van der Waals surface area (Å²) in [6, 6.07) is 0. The molecule has 0 aliphatic heterocycles. The predicted octanol–water partition coefficient (Wildman–Crippen LogP) is 3.01. The number of carboxylic acid groups (broad SMARTS) is 1. The minimum atomic E-state index is -0.724. The molecule has 1 aliphatic carbocycles. The second-order valence-electron chi connectivity index (χ2n) is 4.27. The standard InChI is InChI=1S/C12H18O2/c1-8(2)10-5-4-9(3)11(6-10)7-12(13)14/h10-11H,1,3-7H2,2H3,(H,13,14)/t10-,11?/m1/s1. The summed E-state index contributed by atoms with van der Waals surface area (Å²) in [6.45, 7) is 9.91. The van der Waals surface area contributed by atoms with Crippen molar-refractivity contribution in [3.63, 3.8) is 0 Å². The monoisotopic (exact) mass is 194 g/mol. The Morgan fingerprint density at radius 1 is 1.64 bits per heavy atom. The van der Waals surface area contributed by atoms with Gasteiger partial charge in [0.1, 0.15) is 0 Å². The SMILES string of the molecule is C=C1CC[C@@H](C(=C)C)CC1CC(=O)O. The average molecular weight is 194 g/mol. The molecule has 0 amide bonds. The topological polar surface area (TPSA) is 37.3 Å². The van der Waals surface area contributed by atoms with Gasteiger partial charge in [0.05, 0.1) is 6.42 Å². The van der Waals surface area contributed by atoms with Gasteiger partial charge in [-0.05, 0) is 38.0 Å². The van der Waals surface area contributed by atoms with E-state index in [-0.39, 0.29) is 12.3 Å². The van der Waals surface area contributed by atoms with Crippen molar-refractivity contribution in [3.8, 4) is 0 Å². The Morgan fingerprint density at radius 2 is 2.29 bits per heavy atom. The second kappa shape index (κ2) is 4.45. The summed E-state index contributed by atoms with van der Waals surface area (Å²) in [5.41, 5.74) is 2.28. The van der Waals surface area contributed by atoms with Crippen LogP contribution < -0.4 is 0 Å². The van der Waals surface area contributed by atoms with Crippen molar-refractivity contribution in [2.75, 3.05) is 0 Å². The molecule has 0 aromatic heterocycles. The third kappa shape index (κ3) is 2.72. The lowest BCUT2D eigenvalue weighted by atomic mass is 9.75. The first-order valence-electron chi connectivity index (χ1n) is 5.05. The fourth-order valence-electron chi connectivity index (χ4n) is 2.08. The van der Waals surface area contributed by atoms with Crippen molar-refractivity contribution in [1.82, 2.24) is 0 Å². The molecule has 1 N–H and O–H groups in total. The third-order valence-electron chi connectivity index (χ3n) is 3.08. The van der Waals surface area contributed by atoms with Gasteiger partial charge in [0.15, 0.2) is 0 Å². The molecule has 14 heavy (non-hydrogen) atoms. The minimum Gasteiger partial charge on any atom is -0.481 e. The highest BCUT2D eigenvalue weighted by Gasteiger charge is 2.26. The summed E-state index contributed by atoms with van der Waals surface area (Å²) in [6.07, 6.45) is 3.18. The molecule has 0 aromatic carbocycles. The molecule has 0 bridgehead atoms. The van der Waals surface area contributed by atoms with Gasteiger partial charge in [-0.2, -0.15) is 0 Å². The van der Waals surface area contributed by atoms with E-state index in [9.17, 15) is 4.79 Å². The lowest BCUT2D eigenvalue weighted by Gasteiger charge is -2.30. The highest BCUT2D eigenvalue weighted by Crippen LogP contribution is 2.37. The van der Waals surface area contributed by atoms with Crippen molar-refractivity contribution in [2.45, 2.75) is 32.6 Å². The largest absolute Gasteiger partial charge is 0.481 e. The lowest BCUT2D eigenvalue weighted by molar-refractivity contribution is -0.138. The molecule has 1 unspecified atom stereocenters. The van der Waals surface area contributed by atoms with Gasteiger partial charge >= 0.3 is 5.97 Å². The molecule has 0 heterocycles. The molecule has 2 atom stereocenters. The van der Waals surface area contributed by atoms with Crippen LogP contribution in [0, 0.1) is 11.8 Å². The van der Waals surface area contributed by atoms with Crippen LogP contribution in [0.1, 0.15) is 32.6 Å². The number of carboxylic acids is 1. The maximum Gasteiger partial charge on any atom is 0.303 e. The van der Waals surface area contributed by atoms with Crippen molar-refractivity contribution in [3.05, 3.63) is 24.3 Å². The maximum absolute atomic E-state index is 10.6. The fourth-order valence-corrected chi connectivity index (χ4v) is 2.08. The first kappa shape index (κ1) is 11.0. The summed E-state index contributed by atoms with van der Waals surface area (Å²) < 4.78 is 0. The zero-order valence-electron chi connectivity index (χ0n) is 8.75. The first-order chi connectivity index (χ1) is 6.50. The van der Waals surface area contributed by atoms with E-state index in [1.54, 1.807) is 0 Å². The molecule has 1 fully saturated rings. The van der Waals surface area contributed by atoms with Crippen LogP contribution >= 0.6 is 0 Å². The van der Waals surface area contributed by atoms with E-state index in [0.29, 0.717) is 5.92 Å². The minimum absolute atomic E-state index is 0.156. The van der Waals surface area contributed by atoms with Crippen LogP contribution in [0.5, 0.6) is 0 Å². The maximum atomic E-state index is 10.6. The summed E-state index contributed by atoms with van der Waals surface area (Å²) in [5, 5.41) is 8.74. The van der Waals surface area contributed by atoms with Crippen LogP contribution in [0.3, 0.4) is 0 Å². The third-order valence-corrected chi connectivity index (χ3v) is 3.08. The number of aliphatic carboxylic acids is 1. The van der Waals surface area contributed by atoms with E-state index in [1.807, 2.05) is 6.92 Å². The molecule has 78 valence electrons. The van der Waals surface area contributed by atoms with Crippen molar-refractivity contribution >= 4 is 5.97 Å². The van der Waals surface area contributed by atoms with Crippen molar-refractivity contribution in [2.24, 2.45) is 11.8 Å². The lowest BCUT2D eigenvalue weighted by Crippen LogP contribution is -2.20. The summed E-state index contributed by atoms with van der Waals surface area (Å²) in [5.74, 6) is -0.0775. The van der Waals surface area contributed by atoms with Crippen LogP contribution in [-0.2, 0) is 4.79 Å². The zero-order chi connectivity index (χ0) is 10.7. The fraction of sp³-hybridized carbons (Fsp3) is 0.583. The van der Waals surface area contributed by atoms with Gasteiger partial charge in [-0.3, -0.25) is 4.79 Å².